The van der Waals surface area contributed by atoms with Crippen LogP contribution in [0.4, 0.5) is 11.4 Å². The SMILES string of the molecule is COc1cc(Br)cc(C2C3=CCC4C(=O)N(c5ccc([N+](=O)[O-])cc5)C(=O)C4C3CC3=C2C(=O)C=C(C)C3=O)c1O. The van der Waals surface area contributed by atoms with Crippen LogP contribution in [-0.4, -0.2) is 40.5 Å². The number of nitro benzene ring substituents is 1. The van der Waals surface area contributed by atoms with Gasteiger partial charge < -0.3 is 9.84 Å². The zero-order chi connectivity index (χ0) is 29.3. The highest BCUT2D eigenvalue weighted by Gasteiger charge is 2.57. The molecule has 0 saturated carbocycles. The Morgan fingerprint density at radius 3 is 2.44 bits per heavy atom. The van der Waals surface area contributed by atoms with Crippen molar-refractivity contribution in [3.63, 3.8) is 0 Å². The number of non-ortho nitro benzene ring substituents is 1. The van der Waals surface area contributed by atoms with Crippen LogP contribution in [0.15, 0.2) is 75.3 Å². The lowest BCUT2D eigenvalue weighted by Crippen LogP contribution is -2.39. The lowest BCUT2D eigenvalue weighted by molar-refractivity contribution is -0.384. The molecule has 4 aliphatic rings. The summed E-state index contributed by atoms with van der Waals surface area (Å²) in [6, 6.07) is 8.45. The zero-order valence-electron chi connectivity index (χ0n) is 21.9. The molecule has 1 saturated heterocycles. The van der Waals surface area contributed by atoms with Gasteiger partial charge in [0.25, 0.3) is 5.69 Å². The molecule has 0 aromatic heterocycles. The third-order valence-corrected chi connectivity index (χ3v) is 8.94. The molecular formula is C30H23BrN2O8. The predicted molar refractivity (Wildman–Crippen MR) is 149 cm³/mol. The number of nitrogens with zero attached hydrogens (tertiary/aromatic N) is 2. The van der Waals surface area contributed by atoms with Crippen molar-refractivity contribution >= 4 is 50.7 Å². The number of carbonyl (C=O) groups excluding carboxylic acids is 4. The first-order chi connectivity index (χ1) is 19.5. The van der Waals surface area contributed by atoms with Crippen LogP contribution in [0.1, 0.15) is 31.2 Å². The van der Waals surface area contributed by atoms with Crippen LogP contribution in [0.25, 0.3) is 0 Å². The number of anilines is 1. The number of phenolic OH excluding ortho intramolecular Hbond substituents is 1. The molecule has 3 aliphatic carbocycles. The normalized spacial score (nSPS) is 25.4. The second-order valence-corrected chi connectivity index (χ2v) is 11.5. The van der Waals surface area contributed by atoms with Crippen molar-refractivity contribution in [2.75, 3.05) is 12.0 Å². The molecule has 1 heterocycles. The third kappa shape index (κ3) is 3.98. The number of phenols is 1. The van der Waals surface area contributed by atoms with Crippen molar-refractivity contribution < 1.29 is 33.9 Å². The Hall–Kier alpha value is -4.38. The van der Waals surface area contributed by atoms with E-state index >= 15 is 0 Å². The second-order valence-electron chi connectivity index (χ2n) is 10.6. The van der Waals surface area contributed by atoms with Crippen LogP contribution in [0.2, 0.25) is 0 Å². The lowest BCUT2D eigenvalue weighted by atomic mass is 9.59. The molecule has 2 amide bonds. The van der Waals surface area contributed by atoms with Crippen molar-refractivity contribution in [2.45, 2.75) is 25.7 Å². The minimum absolute atomic E-state index is 0.0909. The number of hydrogen-bond acceptors (Lipinski definition) is 8. The number of ketones is 2. The van der Waals surface area contributed by atoms with Gasteiger partial charge in [0.2, 0.25) is 11.8 Å². The van der Waals surface area contributed by atoms with E-state index in [2.05, 4.69) is 15.9 Å². The Bertz CT molecular complexity index is 1690. The number of Topliss-reactive ketones (excluding diaryl/α,β-unsaturated/α-hetero) is 1. The van der Waals surface area contributed by atoms with Crippen molar-refractivity contribution in [3.8, 4) is 11.5 Å². The van der Waals surface area contributed by atoms with Gasteiger partial charge in [0.15, 0.2) is 23.1 Å². The van der Waals surface area contributed by atoms with Crippen molar-refractivity contribution in [2.24, 2.45) is 17.8 Å². The summed E-state index contributed by atoms with van der Waals surface area (Å²) >= 11 is 3.44. The fourth-order valence-corrected chi connectivity index (χ4v) is 7.14. The van der Waals surface area contributed by atoms with Gasteiger partial charge in [-0.05, 0) is 56.0 Å². The number of rotatable bonds is 4. The molecule has 1 N–H and O–H groups in total. The Balaban J connectivity index is 1.49. The molecule has 4 atom stereocenters. The molecule has 1 aliphatic heterocycles. The predicted octanol–water partition coefficient (Wildman–Crippen LogP) is 4.71. The Morgan fingerprint density at radius 2 is 1.78 bits per heavy atom. The Labute approximate surface area is 242 Å². The monoisotopic (exact) mass is 618 g/mol. The maximum Gasteiger partial charge on any atom is 0.269 e. The van der Waals surface area contributed by atoms with Crippen LogP contribution in [-0.2, 0) is 19.2 Å². The molecule has 0 spiro atoms. The first kappa shape index (κ1) is 26.8. The largest absolute Gasteiger partial charge is 0.504 e. The van der Waals surface area contributed by atoms with Gasteiger partial charge in [0.05, 0.1) is 29.6 Å². The minimum atomic E-state index is -0.840. The average molecular weight is 619 g/mol. The van der Waals surface area contributed by atoms with Crippen LogP contribution < -0.4 is 9.64 Å². The van der Waals surface area contributed by atoms with Gasteiger partial charge in [-0.15, -0.1) is 0 Å². The van der Waals surface area contributed by atoms with Crippen LogP contribution in [0, 0.1) is 27.9 Å². The molecule has 0 radical (unpaired) electrons. The Morgan fingerprint density at radius 1 is 1.07 bits per heavy atom. The molecule has 10 nitrogen and oxygen atoms in total. The maximum absolute atomic E-state index is 13.9. The fraction of sp³-hybridized carbons (Fsp3) is 0.267. The topological polar surface area (TPSA) is 144 Å². The van der Waals surface area contributed by atoms with Crippen LogP contribution in [0.5, 0.6) is 11.5 Å². The summed E-state index contributed by atoms with van der Waals surface area (Å²) in [4.78, 5) is 66.0. The smallest absolute Gasteiger partial charge is 0.269 e. The summed E-state index contributed by atoms with van der Waals surface area (Å²) in [6.45, 7) is 1.56. The number of halogens is 1. The third-order valence-electron chi connectivity index (χ3n) is 8.48. The van der Waals surface area contributed by atoms with Gasteiger partial charge in [0.1, 0.15) is 0 Å². The van der Waals surface area contributed by atoms with Crippen LogP contribution >= 0.6 is 15.9 Å². The van der Waals surface area contributed by atoms with Crippen LogP contribution in [0.3, 0.4) is 0 Å². The first-order valence-corrected chi connectivity index (χ1v) is 13.7. The van der Waals surface area contributed by atoms with E-state index in [1.54, 1.807) is 19.1 Å². The van der Waals surface area contributed by atoms with Gasteiger partial charge in [-0.1, -0.05) is 27.6 Å². The summed E-state index contributed by atoms with van der Waals surface area (Å²) < 4.78 is 5.94. The molecule has 6 rings (SSSR count). The molecule has 11 heteroatoms. The molecule has 208 valence electrons. The summed E-state index contributed by atoms with van der Waals surface area (Å²) in [5.41, 5.74) is 1.89. The number of allylic oxidation sites excluding steroid dienone is 6. The van der Waals surface area contributed by atoms with E-state index in [1.165, 1.54) is 37.5 Å². The number of nitro groups is 1. The molecule has 0 bridgehead atoms. The average Bonchev–Trinajstić information content (AvgIpc) is 3.21. The number of aromatic hydroxyl groups is 1. The maximum atomic E-state index is 13.9. The summed E-state index contributed by atoms with van der Waals surface area (Å²) in [5, 5.41) is 22.3. The zero-order valence-corrected chi connectivity index (χ0v) is 23.5. The number of fused-ring (bicyclic) bond motifs is 3. The fourth-order valence-electron chi connectivity index (χ4n) is 6.69. The van der Waals surface area contributed by atoms with Gasteiger partial charge in [-0.25, -0.2) is 0 Å². The van der Waals surface area contributed by atoms with E-state index < -0.39 is 40.4 Å². The van der Waals surface area contributed by atoms with Crippen molar-refractivity contribution in [3.05, 3.63) is 91.0 Å². The van der Waals surface area contributed by atoms with Gasteiger partial charge in [-0.3, -0.25) is 34.2 Å². The van der Waals surface area contributed by atoms with E-state index in [4.69, 9.17) is 4.74 Å². The van der Waals surface area contributed by atoms with E-state index in [1.807, 2.05) is 6.08 Å². The highest BCUT2D eigenvalue weighted by molar-refractivity contribution is 9.10. The number of ether oxygens (including phenoxy) is 1. The van der Waals surface area contributed by atoms with Gasteiger partial charge >= 0.3 is 0 Å². The molecule has 2 aromatic rings. The molecule has 1 fully saturated rings. The second kappa shape index (κ2) is 9.62. The van der Waals surface area contributed by atoms with Crippen molar-refractivity contribution in [1.82, 2.24) is 0 Å². The standard InChI is InChI=1S/C30H23BrN2O8/c1-13-9-22(34)26-21(27(13)35)12-19-17(24(26)20-10-14(31)11-23(41-2)28(20)36)7-8-18-25(19)30(38)32(29(18)37)15-3-5-16(6-4-15)33(39)40/h3-7,9-11,18-19,24-25,36H,8,12H2,1-2H3. The van der Waals surface area contributed by atoms with E-state index in [0.29, 0.717) is 15.6 Å². The molecule has 2 aromatic carbocycles. The number of hydrogen-bond donors (Lipinski definition) is 1. The highest BCUT2D eigenvalue weighted by atomic mass is 79.9. The number of imide groups is 1. The van der Waals surface area contributed by atoms with Crippen molar-refractivity contribution in [1.29, 1.82) is 0 Å². The summed E-state index contributed by atoms with van der Waals surface area (Å²) in [5.74, 6) is -4.52. The van der Waals surface area contributed by atoms with E-state index in [9.17, 15) is 34.4 Å². The minimum Gasteiger partial charge on any atom is -0.504 e. The molecule has 4 unspecified atom stereocenters. The lowest BCUT2D eigenvalue weighted by Gasteiger charge is -2.42. The summed E-state index contributed by atoms with van der Waals surface area (Å²) in [7, 11) is 1.40. The molecular weight excluding hydrogens is 596 g/mol. The first-order valence-electron chi connectivity index (χ1n) is 12.9. The number of amides is 2. The summed E-state index contributed by atoms with van der Waals surface area (Å²) in [6.07, 6.45) is 3.45. The van der Waals surface area contributed by atoms with E-state index in [-0.39, 0.29) is 64.0 Å². The highest BCUT2D eigenvalue weighted by Crippen LogP contribution is 2.57. The van der Waals surface area contributed by atoms with Gasteiger partial charge in [0, 0.05) is 44.8 Å². The van der Waals surface area contributed by atoms with Gasteiger partial charge in [-0.2, -0.15) is 0 Å². The Kier molecular flexibility index (Phi) is 6.29. The molecule has 41 heavy (non-hydrogen) atoms. The quantitative estimate of drug-likeness (QED) is 0.171. The number of methoxy groups -OCH3 is 1. The number of carbonyl (C=O) groups is 4. The number of benzene rings is 2. The van der Waals surface area contributed by atoms with E-state index in [0.717, 1.165) is 4.90 Å².